The highest BCUT2D eigenvalue weighted by Gasteiger charge is 2.25. The summed E-state index contributed by atoms with van der Waals surface area (Å²) in [7, 11) is 0. The first-order chi connectivity index (χ1) is 11.1. The Balaban J connectivity index is 1.98. The number of aromatic nitrogens is 1. The molecule has 2 heterocycles. The maximum absolute atomic E-state index is 11.9. The van der Waals surface area contributed by atoms with Crippen molar-refractivity contribution in [2.24, 2.45) is 5.92 Å². The van der Waals surface area contributed by atoms with Gasteiger partial charge >= 0.3 is 5.97 Å². The number of pyridine rings is 1. The van der Waals surface area contributed by atoms with E-state index in [4.69, 9.17) is 5.26 Å². The first kappa shape index (κ1) is 15.1. The summed E-state index contributed by atoms with van der Waals surface area (Å²) in [6.45, 7) is 1.34. The molecule has 1 unspecified atom stereocenters. The van der Waals surface area contributed by atoms with E-state index in [2.05, 4.69) is 4.90 Å². The molecule has 1 N–H and O–H groups in total. The van der Waals surface area contributed by atoms with Gasteiger partial charge in [0.15, 0.2) is 0 Å². The number of carboxylic acid groups (broad SMARTS) is 1. The van der Waals surface area contributed by atoms with Gasteiger partial charge in [-0.15, -0.1) is 0 Å². The zero-order chi connectivity index (χ0) is 16.4. The molecule has 118 valence electrons. The minimum absolute atomic E-state index is 0.0142. The third-order valence-electron chi connectivity index (χ3n) is 4.34. The van der Waals surface area contributed by atoms with Crippen molar-refractivity contribution in [3.8, 4) is 6.07 Å². The molecule has 2 aromatic rings. The van der Waals surface area contributed by atoms with Gasteiger partial charge in [0.1, 0.15) is 6.54 Å². The third-order valence-corrected chi connectivity index (χ3v) is 4.34. The molecule has 6 heteroatoms. The van der Waals surface area contributed by atoms with Gasteiger partial charge in [0.25, 0.3) is 5.56 Å². The maximum Gasteiger partial charge on any atom is 0.308 e. The number of fused-ring (bicyclic) bond motifs is 1. The van der Waals surface area contributed by atoms with Crippen molar-refractivity contribution in [1.29, 1.82) is 5.26 Å². The molecule has 1 aromatic heterocycles. The normalized spacial score (nSPS) is 17.9. The van der Waals surface area contributed by atoms with Gasteiger partial charge in [0.05, 0.1) is 17.5 Å². The molecule has 1 aliphatic rings. The Morgan fingerprint density at radius 2 is 2.17 bits per heavy atom. The van der Waals surface area contributed by atoms with Crippen molar-refractivity contribution in [3.05, 3.63) is 40.7 Å². The summed E-state index contributed by atoms with van der Waals surface area (Å²) in [4.78, 5) is 25.1. The second-order valence-corrected chi connectivity index (χ2v) is 5.78. The van der Waals surface area contributed by atoms with E-state index in [1.807, 2.05) is 24.3 Å². The van der Waals surface area contributed by atoms with E-state index >= 15 is 0 Å². The minimum Gasteiger partial charge on any atom is -0.481 e. The molecule has 3 rings (SSSR count). The largest absolute Gasteiger partial charge is 0.481 e. The average Bonchev–Trinajstić information content (AvgIpc) is 2.57. The number of rotatable bonds is 3. The molecular formula is C17H17N3O3. The number of piperidine rings is 1. The first-order valence-corrected chi connectivity index (χ1v) is 7.58. The standard InChI is InChI=1S/C17H17N3O3/c18-7-9-20-15-5-4-14(10-12(15)3-6-16(20)21)19-8-1-2-13(11-19)17(22)23/h3-6,10,13H,1-2,8-9,11H2,(H,22,23). The van der Waals surface area contributed by atoms with Crippen LogP contribution in [0, 0.1) is 17.2 Å². The molecule has 0 saturated carbocycles. The summed E-state index contributed by atoms with van der Waals surface area (Å²) >= 11 is 0. The number of carboxylic acids is 1. The maximum atomic E-state index is 11.9. The van der Waals surface area contributed by atoms with Crippen LogP contribution in [0.5, 0.6) is 0 Å². The zero-order valence-electron chi connectivity index (χ0n) is 12.6. The van der Waals surface area contributed by atoms with Crippen LogP contribution in [0.2, 0.25) is 0 Å². The molecular weight excluding hydrogens is 294 g/mol. The van der Waals surface area contributed by atoms with E-state index in [0.717, 1.165) is 29.6 Å². The van der Waals surface area contributed by atoms with Crippen LogP contribution in [0.4, 0.5) is 5.69 Å². The number of hydrogen-bond acceptors (Lipinski definition) is 4. The van der Waals surface area contributed by atoms with Gasteiger partial charge in [-0.05, 0) is 37.1 Å². The topological polar surface area (TPSA) is 86.3 Å². The minimum atomic E-state index is -0.752. The fourth-order valence-electron chi connectivity index (χ4n) is 3.13. The molecule has 0 aliphatic carbocycles. The molecule has 1 fully saturated rings. The van der Waals surface area contributed by atoms with Gasteiger partial charge in [0.2, 0.25) is 0 Å². The summed E-state index contributed by atoms with van der Waals surface area (Å²) in [6, 6.07) is 10.9. The Morgan fingerprint density at radius 1 is 1.35 bits per heavy atom. The van der Waals surface area contributed by atoms with Crippen LogP contribution in [-0.4, -0.2) is 28.7 Å². The number of nitriles is 1. The van der Waals surface area contributed by atoms with Crippen molar-refractivity contribution >= 4 is 22.6 Å². The SMILES string of the molecule is N#CCn1c(=O)ccc2cc(N3CCCC(C(=O)O)C3)ccc21. The Hall–Kier alpha value is -2.81. The van der Waals surface area contributed by atoms with Crippen molar-refractivity contribution in [2.45, 2.75) is 19.4 Å². The van der Waals surface area contributed by atoms with Gasteiger partial charge in [-0.3, -0.25) is 14.2 Å². The molecule has 1 atom stereocenters. The van der Waals surface area contributed by atoms with Crippen LogP contribution < -0.4 is 10.5 Å². The average molecular weight is 311 g/mol. The number of hydrogen-bond donors (Lipinski definition) is 1. The van der Waals surface area contributed by atoms with Crippen molar-refractivity contribution in [1.82, 2.24) is 4.57 Å². The fourth-order valence-corrected chi connectivity index (χ4v) is 3.13. The van der Waals surface area contributed by atoms with E-state index in [9.17, 15) is 14.7 Å². The lowest BCUT2D eigenvalue weighted by atomic mass is 9.97. The zero-order valence-corrected chi connectivity index (χ0v) is 12.6. The lowest BCUT2D eigenvalue weighted by molar-refractivity contribution is -0.141. The Bertz CT molecular complexity index is 850. The van der Waals surface area contributed by atoms with Gasteiger partial charge in [-0.1, -0.05) is 0 Å². The molecule has 1 aromatic carbocycles. The monoisotopic (exact) mass is 311 g/mol. The Morgan fingerprint density at radius 3 is 2.91 bits per heavy atom. The first-order valence-electron chi connectivity index (χ1n) is 7.58. The summed E-state index contributed by atoms with van der Waals surface area (Å²) in [6.07, 6.45) is 1.56. The highest BCUT2D eigenvalue weighted by atomic mass is 16.4. The van der Waals surface area contributed by atoms with Gasteiger partial charge in [-0.25, -0.2) is 0 Å². The Kier molecular flexibility index (Phi) is 4.02. The van der Waals surface area contributed by atoms with Crippen LogP contribution in [0.25, 0.3) is 10.9 Å². The highest BCUT2D eigenvalue weighted by Crippen LogP contribution is 2.26. The van der Waals surface area contributed by atoms with E-state index in [-0.39, 0.29) is 18.0 Å². The van der Waals surface area contributed by atoms with Crippen LogP contribution >= 0.6 is 0 Å². The molecule has 0 radical (unpaired) electrons. The third kappa shape index (κ3) is 2.90. The van der Waals surface area contributed by atoms with Crippen LogP contribution in [0.1, 0.15) is 12.8 Å². The molecule has 0 amide bonds. The van der Waals surface area contributed by atoms with Crippen molar-refractivity contribution in [3.63, 3.8) is 0 Å². The second kappa shape index (κ2) is 6.13. The summed E-state index contributed by atoms with van der Waals surface area (Å²) in [5.41, 5.74) is 1.47. The van der Waals surface area contributed by atoms with Gasteiger partial charge < -0.3 is 10.0 Å². The van der Waals surface area contributed by atoms with Crippen LogP contribution in [-0.2, 0) is 11.3 Å². The molecule has 6 nitrogen and oxygen atoms in total. The van der Waals surface area contributed by atoms with Crippen LogP contribution in [0.3, 0.4) is 0 Å². The second-order valence-electron chi connectivity index (χ2n) is 5.78. The fraction of sp³-hybridized carbons (Fsp3) is 0.353. The Labute approximate surface area is 133 Å². The van der Waals surface area contributed by atoms with E-state index in [0.29, 0.717) is 13.0 Å². The number of nitrogens with zero attached hydrogens (tertiary/aromatic N) is 3. The van der Waals surface area contributed by atoms with Crippen LogP contribution in [0.15, 0.2) is 35.1 Å². The summed E-state index contributed by atoms with van der Waals surface area (Å²) in [5.74, 6) is -1.09. The van der Waals surface area contributed by atoms with E-state index in [1.54, 1.807) is 6.07 Å². The number of anilines is 1. The molecule has 23 heavy (non-hydrogen) atoms. The van der Waals surface area contributed by atoms with E-state index < -0.39 is 5.97 Å². The molecule has 0 spiro atoms. The highest BCUT2D eigenvalue weighted by molar-refractivity contribution is 5.83. The van der Waals surface area contributed by atoms with Gasteiger partial charge in [-0.2, -0.15) is 5.26 Å². The molecule has 1 aliphatic heterocycles. The molecule has 0 bridgehead atoms. The number of benzene rings is 1. The lowest BCUT2D eigenvalue weighted by Crippen LogP contribution is -2.38. The van der Waals surface area contributed by atoms with Gasteiger partial charge in [0, 0.05) is 30.2 Å². The van der Waals surface area contributed by atoms with Crippen molar-refractivity contribution in [2.75, 3.05) is 18.0 Å². The van der Waals surface area contributed by atoms with Crippen molar-refractivity contribution < 1.29 is 9.90 Å². The number of aliphatic carboxylic acids is 1. The predicted molar refractivity (Wildman–Crippen MR) is 86.4 cm³/mol. The number of carbonyl (C=O) groups is 1. The smallest absolute Gasteiger partial charge is 0.308 e. The lowest BCUT2D eigenvalue weighted by Gasteiger charge is -2.32. The quantitative estimate of drug-likeness (QED) is 0.934. The predicted octanol–water partition coefficient (Wildman–Crippen LogP) is 1.83. The van der Waals surface area contributed by atoms with E-state index in [1.165, 1.54) is 10.6 Å². The summed E-state index contributed by atoms with van der Waals surface area (Å²) in [5, 5.41) is 18.9. The summed E-state index contributed by atoms with van der Waals surface area (Å²) < 4.78 is 1.44. The molecule has 1 saturated heterocycles.